The highest BCUT2D eigenvalue weighted by atomic mass is 16.3. The maximum absolute atomic E-state index is 8.76. The monoisotopic (exact) mass is 170 g/mol. The van der Waals surface area contributed by atoms with E-state index >= 15 is 0 Å². The zero-order chi connectivity index (χ0) is 9.40. The van der Waals surface area contributed by atoms with Crippen molar-refractivity contribution >= 4 is 0 Å². The lowest BCUT2D eigenvalue weighted by Crippen LogP contribution is -1.99. The molecule has 0 bridgehead atoms. The lowest BCUT2D eigenvalue weighted by molar-refractivity contribution is 0.228. The molecule has 0 fully saturated rings. The van der Waals surface area contributed by atoms with Gasteiger partial charge in [-0.15, -0.1) is 0 Å². The second kappa shape index (κ2) is 7.35. The van der Waals surface area contributed by atoms with Crippen LogP contribution in [0.2, 0.25) is 0 Å². The fourth-order valence-corrected chi connectivity index (χ4v) is 1.04. The summed E-state index contributed by atoms with van der Waals surface area (Å²) in [5, 5.41) is 8.76. The van der Waals surface area contributed by atoms with Crippen LogP contribution in [0.4, 0.5) is 0 Å². The van der Waals surface area contributed by atoms with Gasteiger partial charge >= 0.3 is 0 Å². The van der Waals surface area contributed by atoms with Crippen molar-refractivity contribution in [2.75, 3.05) is 6.61 Å². The molecule has 12 heavy (non-hydrogen) atoms. The summed E-state index contributed by atoms with van der Waals surface area (Å²) in [6.45, 7) is 6.79. The lowest BCUT2D eigenvalue weighted by atomic mass is 10.0. The van der Waals surface area contributed by atoms with E-state index in [2.05, 4.69) is 32.9 Å². The molecular formula is C11H22O. The van der Waals surface area contributed by atoms with Crippen molar-refractivity contribution in [2.45, 2.75) is 40.0 Å². The van der Waals surface area contributed by atoms with Gasteiger partial charge in [0.05, 0.1) is 0 Å². The summed E-state index contributed by atoms with van der Waals surface area (Å²) in [5.41, 5.74) is 0. The average Bonchev–Trinajstić information content (AvgIpc) is 2.03. The fraction of sp³-hybridized carbons (Fsp3) is 0.818. The standard InChI is InChI=1S/C11H22O/c1-10(2)7-5-4-6-8-11(3)9-12/h5,7,10-12H,4,6,8-9H2,1-3H3/b7-5+/t11-/m0/s1. The van der Waals surface area contributed by atoms with Gasteiger partial charge in [0, 0.05) is 6.61 Å². The van der Waals surface area contributed by atoms with Crippen molar-refractivity contribution in [1.29, 1.82) is 0 Å². The number of aliphatic hydroxyl groups is 1. The smallest absolute Gasteiger partial charge is 0.0456 e. The SMILES string of the molecule is CC(C)/C=C/CCC[C@H](C)CO. The normalized spacial score (nSPS) is 14.4. The van der Waals surface area contributed by atoms with Crippen LogP contribution in [-0.2, 0) is 0 Å². The summed E-state index contributed by atoms with van der Waals surface area (Å²) < 4.78 is 0. The number of hydrogen-bond donors (Lipinski definition) is 1. The van der Waals surface area contributed by atoms with Crippen LogP contribution in [-0.4, -0.2) is 11.7 Å². The Morgan fingerprint density at radius 1 is 1.25 bits per heavy atom. The predicted octanol–water partition coefficient (Wildman–Crippen LogP) is 3.00. The van der Waals surface area contributed by atoms with E-state index < -0.39 is 0 Å². The van der Waals surface area contributed by atoms with Crippen LogP contribution in [0.1, 0.15) is 40.0 Å². The van der Waals surface area contributed by atoms with Crippen molar-refractivity contribution in [2.24, 2.45) is 11.8 Å². The molecule has 0 unspecified atom stereocenters. The van der Waals surface area contributed by atoms with Gasteiger partial charge in [-0.3, -0.25) is 0 Å². The third-order valence-electron chi connectivity index (χ3n) is 1.90. The van der Waals surface area contributed by atoms with Gasteiger partial charge in [0.2, 0.25) is 0 Å². The summed E-state index contributed by atoms with van der Waals surface area (Å²) in [5.74, 6) is 1.14. The molecule has 1 nitrogen and oxygen atoms in total. The van der Waals surface area contributed by atoms with Gasteiger partial charge in [0.25, 0.3) is 0 Å². The lowest BCUT2D eigenvalue weighted by Gasteiger charge is -2.04. The third kappa shape index (κ3) is 7.80. The maximum atomic E-state index is 8.76. The highest BCUT2D eigenvalue weighted by molar-refractivity contribution is 4.84. The second-order valence-corrected chi connectivity index (χ2v) is 3.89. The largest absolute Gasteiger partial charge is 0.396 e. The Bertz CT molecular complexity index is 116. The van der Waals surface area contributed by atoms with E-state index in [0.29, 0.717) is 18.4 Å². The zero-order valence-corrected chi connectivity index (χ0v) is 8.59. The van der Waals surface area contributed by atoms with E-state index in [1.807, 2.05) is 0 Å². The van der Waals surface area contributed by atoms with E-state index in [1.54, 1.807) is 0 Å². The Hall–Kier alpha value is -0.300. The third-order valence-corrected chi connectivity index (χ3v) is 1.90. The molecule has 1 N–H and O–H groups in total. The highest BCUT2D eigenvalue weighted by Crippen LogP contribution is 2.07. The number of hydrogen-bond acceptors (Lipinski definition) is 1. The van der Waals surface area contributed by atoms with Crippen LogP contribution in [0.25, 0.3) is 0 Å². The van der Waals surface area contributed by atoms with Gasteiger partial charge in [-0.1, -0.05) is 32.9 Å². The fourth-order valence-electron chi connectivity index (χ4n) is 1.04. The molecule has 0 saturated heterocycles. The maximum Gasteiger partial charge on any atom is 0.0456 e. The summed E-state index contributed by atoms with van der Waals surface area (Å²) in [7, 11) is 0. The predicted molar refractivity (Wildman–Crippen MR) is 54.1 cm³/mol. The van der Waals surface area contributed by atoms with E-state index in [-0.39, 0.29) is 0 Å². The van der Waals surface area contributed by atoms with Gasteiger partial charge in [0.1, 0.15) is 0 Å². The number of allylic oxidation sites excluding steroid dienone is 2. The van der Waals surface area contributed by atoms with Crippen LogP contribution in [0.5, 0.6) is 0 Å². The summed E-state index contributed by atoms with van der Waals surface area (Å²) in [6, 6.07) is 0. The highest BCUT2D eigenvalue weighted by Gasteiger charge is 1.97. The van der Waals surface area contributed by atoms with Gasteiger partial charge in [-0.25, -0.2) is 0 Å². The Labute approximate surface area is 76.5 Å². The molecule has 0 aromatic carbocycles. The van der Waals surface area contributed by atoms with E-state index in [4.69, 9.17) is 5.11 Å². The first-order chi connectivity index (χ1) is 5.66. The van der Waals surface area contributed by atoms with Crippen molar-refractivity contribution < 1.29 is 5.11 Å². The van der Waals surface area contributed by atoms with Crippen molar-refractivity contribution in [3.8, 4) is 0 Å². The van der Waals surface area contributed by atoms with Crippen molar-refractivity contribution in [1.82, 2.24) is 0 Å². The second-order valence-electron chi connectivity index (χ2n) is 3.89. The first kappa shape index (κ1) is 11.7. The van der Waals surface area contributed by atoms with Crippen LogP contribution < -0.4 is 0 Å². The molecule has 0 saturated carbocycles. The Kier molecular flexibility index (Phi) is 7.17. The molecule has 0 aliphatic carbocycles. The number of unbranched alkanes of at least 4 members (excludes halogenated alkanes) is 1. The van der Waals surface area contributed by atoms with E-state index in [0.717, 1.165) is 12.8 Å². The Morgan fingerprint density at radius 2 is 1.92 bits per heavy atom. The van der Waals surface area contributed by atoms with E-state index in [1.165, 1.54) is 6.42 Å². The van der Waals surface area contributed by atoms with Crippen LogP contribution in [0, 0.1) is 11.8 Å². The Balaban J connectivity index is 3.21. The van der Waals surface area contributed by atoms with Gasteiger partial charge < -0.3 is 5.11 Å². The molecule has 0 aliphatic rings. The summed E-state index contributed by atoms with van der Waals surface area (Å²) in [4.78, 5) is 0. The summed E-state index contributed by atoms with van der Waals surface area (Å²) in [6.07, 6.45) is 7.98. The molecule has 0 aromatic heterocycles. The number of rotatable bonds is 6. The molecule has 0 heterocycles. The molecule has 0 radical (unpaired) electrons. The first-order valence-electron chi connectivity index (χ1n) is 4.94. The molecule has 0 spiro atoms. The molecule has 1 atom stereocenters. The van der Waals surface area contributed by atoms with Gasteiger partial charge in [-0.2, -0.15) is 0 Å². The Morgan fingerprint density at radius 3 is 2.42 bits per heavy atom. The van der Waals surface area contributed by atoms with Crippen LogP contribution in [0.15, 0.2) is 12.2 Å². The minimum Gasteiger partial charge on any atom is -0.396 e. The van der Waals surface area contributed by atoms with Crippen molar-refractivity contribution in [3.05, 3.63) is 12.2 Å². The molecule has 0 amide bonds. The molecule has 72 valence electrons. The topological polar surface area (TPSA) is 20.2 Å². The van der Waals surface area contributed by atoms with E-state index in [9.17, 15) is 0 Å². The minimum atomic E-state index is 0.327. The summed E-state index contributed by atoms with van der Waals surface area (Å²) >= 11 is 0. The molecule has 0 aromatic rings. The molecule has 0 rings (SSSR count). The van der Waals surface area contributed by atoms with Crippen molar-refractivity contribution in [3.63, 3.8) is 0 Å². The molecule has 0 aliphatic heterocycles. The minimum absolute atomic E-state index is 0.327. The molecular weight excluding hydrogens is 148 g/mol. The quantitative estimate of drug-likeness (QED) is 0.480. The van der Waals surface area contributed by atoms with Crippen LogP contribution >= 0.6 is 0 Å². The number of aliphatic hydroxyl groups excluding tert-OH is 1. The first-order valence-corrected chi connectivity index (χ1v) is 4.94. The van der Waals surface area contributed by atoms with Gasteiger partial charge in [0.15, 0.2) is 0 Å². The van der Waals surface area contributed by atoms with Gasteiger partial charge in [-0.05, 0) is 31.1 Å². The van der Waals surface area contributed by atoms with Crippen LogP contribution in [0.3, 0.4) is 0 Å². The molecule has 1 heteroatoms. The zero-order valence-electron chi connectivity index (χ0n) is 8.59. The average molecular weight is 170 g/mol.